The summed E-state index contributed by atoms with van der Waals surface area (Å²) in [6.45, 7) is 14.0. The van der Waals surface area contributed by atoms with E-state index in [2.05, 4.69) is 63.1 Å². The Morgan fingerprint density at radius 3 is 2.11 bits per heavy atom. The summed E-state index contributed by atoms with van der Waals surface area (Å²) in [6, 6.07) is 0. The van der Waals surface area contributed by atoms with Crippen molar-refractivity contribution in [2.45, 2.75) is 58.8 Å². The molecule has 0 spiro atoms. The van der Waals surface area contributed by atoms with E-state index >= 15 is 0 Å². The summed E-state index contributed by atoms with van der Waals surface area (Å²) in [4.78, 5) is 9.26. The highest BCUT2D eigenvalue weighted by Crippen LogP contribution is 2.22. The second-order valence-electron chi connectivity index (χ2n) is 6.19. The molecule has 19 heavy (non-hydrogen) atoms. The van der Waals surface area contributed by atoms with Gasteiger partial charge in [0, 0.05) is 23.5 Å². The molecule has 1 N–H and O–H groups in total. The zero-order valence-corrected chi connectivity index (χ0v) is 14.1. The molecule has 0 bridgehead atoms. The third kappa shape index (κ3) is 5.11. The van der Waals surface area contributed by atoms with Crippen LogP contribution in [0.15, 0.2) is 0 Å². The minimum absolute atomic E-state index is 0.149. The minimum Gasteiger partial charge on any atom is -0.311 e. The average Bonchev–Trinajstić information content (AvgIpc) is 2.25. The Morgan fingerprint density at radius 1 is 1.16 bits per heavy atom. The summed E-state index contributed by atoms with van der Waals surface area (Å²) >= 11 is 1.76. The Bertz CT molecular complexity index is 401. The predicted molar refractivity (Wildman–Crippen MR) is 84.9 cm³/mol. The average molecular weight is 281 g/mol. The maximum absolute atomic E-state index is 4.63. The zero-order valence-electron chi connectivity index (χ0n) is 13.3. The number of rotatable bonds is 5. The monoisotopic (exact) mass is 281 g/mol. The number of thioether (sulfide) groups is 1. The van der Waals surface area contributed by atoms with Crippen molar-refractivity contribution in [3.63, 3.8) is 0 Å². The molecule has 0 radical (unpaired) electrons. The molecule has 0 amide bonds. The number of aromatic nitrogens is 2. The fourth-order valence-corrected chi connectivity index (χ4v) is 2.65. The smallest absolute Gasteiger partial charge is 0.138 e. The maximum atomic E-state index is 4.63. The van der Waals surface area contributed by atoms with E-state index in [0.29, 0.717) is 5.92 Å². The van der Waals surface area contributed by atoms with Crippen LogP contribution in [0.3, 0.4) is 0 Å². The first-order valence-corrected chi connectivity index (χ1v) is 8.22. The highest BCUT2D eigenvalue weighted by atomic mass is 32.2. The molecule has 3 nitrogen and oxygen atoms in total. The molecular formula is C15H27N3S. The lowest BCUT2D eigenvalue weighted by molar-refractivity contribution is 0.411. The number of nitrogens with one attached hydrogen (secondary N) is 1. The van der Waals surface area contributed by atoms with Gasteiger partial charge < -0.3 is 5.32 Å². The van der Waals surface area contributed by atoms with Crippen LogP contribution in [-0.4, -0.2) is 28.3 Å². The molecule has 1 rings (SSSR count). The number of hydrogen-bond donors (Lipinski definition) is 1. The van der Waals surface area contributed by atoms with Gasteiger partial charge in [-0.05, 0) is 52.4 Å². The van der Waals surface area contributed by atoms with Crippen molar-refractivity contribution in [3.05, 3.63) is 22.8 Å². The van der Waals surface area contributed by atoms with Crippen LogP contribution in [0.4, 0.5) is 0 Å². The van der Waals surface area contributed by atoms with Gasteiger partial charge in [-0.25, -0.2) is 9.97 Å². The topological polar surface area (TPSA) is 37.8 Å². The highest BCUT2D eigenvalue weighted by Gasteiger charge is 2.17. The van der Waals surface area contributed by atoms with Crippen molar-refractivity contribution < 1.29 is 0 Å². The van der Waals surface area contributed by atoms with E-state index in [-0.39, 0.29) is 5.54 Å². The molecule has 0 aliphatic carbocycles. The highest BCUT2D eigenvalue weighted by molar-refractivity contribution is 7.97. The summed E-state index contributed by atoms with van der Waals surface area (Å²) in [5.41, 5.74) is 3.69. The Kier molecular flexibility index (Phi) is 5.81. The Morgan fingerprint density at radius 2 is 1.68 bits per heavy atom. The molecule has 0 fully saturated rings. The van der Waals surface area contributed by atoms with E-state index in [4.69, 9.17) is 0 Å². The fourth-order valence-electron chi connectivity index (χ4n) is 2.26. The van der Waals surface area contributed by atoms with Crippen LogP contribution in [0.25, 0.3) is 0 Å². The SMILES string of the molecule is CSCc1nc(C)c(C(C)CNC(C)(C)C)c(C)n1. The quantitative estimate of drug-likeness (QED) is 0.897. The molecule has 1 unspecified atom stereocenters. The second kappa shape index (κ2) is 6.71. The van der Waals surface area contributed by atoms with Gasteiger partial charge in [0.05, 0.1) is 5.75 Å². The first kappa shape index (κ1) is 16.4. The standard InChI is InChI=1S/C15H27N3S/c1-10(8-16-15(4,5)6)14-11(2)17-13(9-19-7)18-12(14)3/h10,16H,8-9H2,1-7H3. The van der Waals surface area contributed by atoms with Gasteiger partial charge in [-0.2, -0.15) is 11.8 Å². The number of hydrogen-bond acceptors (Lipinski definition) is 4. The summed E-state index contributed by atoms with van der Waals surface area (Å²) in [7, 11) is 0. The van der Waals surface area contributed by atoms with Gasteiger partial charge in [0.25, 0.3) is 0 Å². The number of nitrogens with zero attached hydrogens (tertiary/aromatic N) is 2. The molecule has 0 saturated carbocycles. The van der Waals surface area contributed by atoms with Gasteiger partial charge in [-0.3, -0.25) is 0 Å². The van der Waals surface area contributed by atoms with E-state index < -0.39 is 0 Å². The zero-order chi connectivity index (χ0) is 14.6. The van der Waals surface area contributed by atoms with Crippen molar-refractivity contribution in [1.29, 1.82) is 0 Å². The van der Waals surface area contributed by atoms with Gasteiger partial charge in [0.1, 0.15) is 5.82 Å². The van der Waals surface area contributed by atoms with Gasteiger partial charge in [0.2, 0.25) is 0 Å². The predicted octanol–water partition coefficient (Wildman–Crippen LogP) is 3.45. The summed E-state index contributed by atoms with van der Waals surface area (Å²) < 4.78 is 0. The normalized spacial score (nSPS) is 13.6. The molecular weight excluding hydrogens is 254 g/mol. The van der Waals surface area contributed by atoms with Crippen LogP contribution in [0.5, 0.6) is 0 Å². The third-order valence-electron chi connectivity index (χ3n) is 3.08. The van der Waals surface area contributed by atoms with E-state index in [1.165, 1.54) is 5.56 Å². The third-order valence-corrected chi connectivity index (χ3v) is 3.62. The molecule has 0 aromatic carbocycles. The van der Waals surface area contributed by atoms with E-state index in [0.717, 1.165) is 29.5 Å². The van der Waals surface area contributed by atoms with Gasteiger partial charge in [0.15, 0.2) is 0 Å². The van der Waals surface area contributed by atoms with Gasteiger partial charge in [-0.1, -0.05) is 6.92 Å². The van der Waals surface area contributed by atoms with Gasteiger partial charge >= 0.3 is 0 Å². The molecule has 0 saturated heterocycles. The Balaban J connectivity index is 2.88. The largest absolute Gasteiger partial charge is 0.311 e. The molecule has 1 aromatic heterocycles. The molecule has 1 heterocycles. The fraction of sp³-hybridized carbons (Fsp3) is 0.733. The lowest BCUT2D eigenvalue weighted by atomic mass is 9.96. The van der Waals surface area contributed by atoms with Crippen molar-refractivity contribution >= 4 is 11.8 Å². The Labute approximate surface area is 122 Å². The summed E-state index contributed by atoms with van der Waals surface area (Å²) in [6.07, 6.45) is 2.08. The first-order chi connectivity index (χ1) is 8.74. The van der Waals surface area contributed by atoms with Crippen LogP contribution < -0.4 is 5.32 Å². The van der Waals surface area contributed by atoms with Crippen LogP contribution in [-0.2, 0) is 5.75 Å². The van der Waals surface area contributed by atoms with Crippen molar-refractivity contribution in [1.82, 2.24) is 15.3 Å². The maximum Gasteiger partial charge on any atom is 0.138 e. The molecule has 108 valence electrons. The minimum atomic E-state index is 0.149. The summed E-state index contributed by atoms with van der Waals surface area (Å²) in [5, 5.41) is 3.55. The lowest BCUT2D eigenvalue weighted by Gasteiger charge is -2.25. The van der Waals surface area contributed by atoms with Crippen LogP contribution in [0, 0.1) is 13.8 Å². The van der Waals surface area contributed by atoms with E-state index in [9.17, 15) is 0 Å². The van der Waals surface area contributed by atoms with Crippen LogP contribution >= 0.6 is 11.8 Å². The van der Waals surface area contributed by atoms with E-state index in [1.807, 2.05) is 0 Å². The van der Waals surface area contributed by atoms with Crippen LogP contribution in [0.2, 0.25) is 0 Å². The first-order valence-electron chi connectivity index (χ1n) is 6.82. The van der Waals surface area contributed by atoms with Crippen molar-refractivity contribution in [3.8, 4) is 0 Å². The van der Waals surface area contributed by atoms with Crippen molar-refractivity contribution in [2.75, 3.05) is 12.8 Å². The van der Waals surface area contributed by atoms with E-state index in [1.54, 1.807) is 11.8 Å². The molecule has 4 heteroatoms. The Hall–Kier alpha value is -0.610. The summed E-state index contributed by atoms with van der Waals surface area (Å²) in [5.74, 6) is 2.26. The second-order valence-corrected chi connectivity index (χ2v) is 7.06. The number of aryl methyl sites for hydroxylation is 2. The van der Waals surface area contributed by atoms with Crippen LogP contribution in [0.1, 0.15) is 56.4 Å². The van der Waals surface area contributed by atoms with Gasteiger partial charge in [-0.15, -0.1) is 0 Å². The molecule has 0 aliphatic rings. The van der Waals surface area contributed by atoms with Crippen molar-refractivity contribution in [2.24, 2.45) is 0 Å². The lowest BCUT2D eigenvalue weighted by Crippen LogP contribution is -2.38. The molecule has 0 aliphatic heterocycles. The molecule has 1 atom stereocenters. The molecule has 1 aromatic rings.